The molecule has 2 aromatic rings. The normalized spacial score (nSPS) is 16.9. The standard InChI is InChI=1S/C13H16N4O3/c1-8-15-16-12-10-4-5-14-13(19-3)11(10)20-7-9(6-18-2)17(8)12/h4-5,9H,6-7H2,1-3H3/t9-/m1/s1. The number of hydrogen-bond donors (Lipinski definition) is 0. The van der Waals surface area contributed by atoms with Gasteiger partial charge in [-0.2, -0.15) is 0 Å². The summed E-state index contributed by atoms with van der Waals surface area (Å²) in [6.07, 6.45) is 1.67. The Labute approximate surface area is 116 Å². The van der Waals surface area contributed by atoms with Crippen molar-refractivity contribution in [2.45, 2.75) is 13.0 Å². The van der Waals surface area contributed by atoms with E-state index in [2.05, 4.69) is 15.2 Å². The summed E-state index contributed by atoms with van der Waals surface area (Å²) in [5.41, 5.74) is 0.830. The second-order valence-corrected chi connectivity index (χ2v) is 4.56. The number of fused-ring (bicyclic) bond motifs is 3. The predicted molar refractivity (Wildman–Crippen MR) is 71.0 cm³/mol. The molecule has 1 atom stereocenters. The first-order chi connectivity index (χ1) is 9.76. The van der Waals surface area contributed by atoms with E-state index in [9.17, 15) is 0 Å². The van der Waals surface area contributed by atoms with E-state index in [-0.39, 0.29) is 6.04 Å². The van der Waals surface area contributed by atoms with Crippen LogP contribution >= 0.6 is 0 Å². The third-order valence-corrected chi connectivity index (χ3v) is 3.32. The van der Waals surface area contributed by atoms with Crippen LogP contribution in [-0.4, -0.2) is 47.2 Å². The molecule has 0 fully saturated rings. The smallest absolute Gasteiger partial charge is 0.257 e. The van der Waals surface area contributed by atoms with Gasteiger partial charge in [0.25, 0.3) is 5.88 Å². The molecule has 0 saturated carbocycles. The molecular formula is C13H16N4O3. The van der Waals surface area contributed by atoms with Gasteiger partial charge in [-0.25, -0.2) is 4.98 Å². The van der Waals surface area contributed by atoms with Crippen molar-refractivity contribution in [1.29, 1.82) is 0 Å². The Kier molecular flexibility index (Phi) is 3.27. The van der Waals surface area contributed by atoms with Gasteiger partial charge in [-0.05, 0) is 13.0 Å². The molecule has 1 aliphatic heterocycles. The molecular weight excluding hydrogens is 260 g/mol. The monoisotopic (exact) mass is 276 g/mol. The van der Waals surface area contributed by atoms with Crippen LogP contribution in [0.4, 0.5) is 0 Å². The average Bonchev–Trinajstić information content (AvgIpc) is 2.76. The minimum Gasteiger partial charge on any atom is -0.485 e. The van der Waals surface area contributed by atoms with Gasteiger partial charge in [-0.3, -0.25) is 0 Å². The lowest BCUT2D eigenvalue weighted by molar-refractivity contribution is 0.123. The molecule has 3 rings (SSSR count). The van der Waals surface area contributed by atoms with Gasteiger partial charge in [0.05, 0.1) is 25.3 Å². The SMILES string of the molecule is COC[C@@H]1COc2c(ccnc2OC)-c2nnc(C)n21. The zero-order valence-corrected chi connectivity index (χ0v) is 11.7. The molecule has 0 radical (unpaired) electrons. The summed E-state index contributed by atoms with van der Waals surface area (Å²) >= 11 is 0. The van der Waals surface area contributed by atoms with Crippen LogP contribution in [0.3, 0.4) is 0 Å². The third kappa shape index (κ3) is 1.90. The molecule has 0 spiro atoms. The van der Waals surface area contributed by atoms with Crippen LogP contribution in [0.15, 0.2) is 12.3 Å². The number of pyridine rings is 1. The molecule has 0 unspecified atom stereocenters. The lowest BCUT2D eigenvalue weighted by Crippen LogP contribution is -2.22. The summed E-state index contributed by atoms with van der Waals surface area (Å²) in [6.45, 7) is 2.90. The highest BCUT2D eigenvalue weighted by Gasteiger charge is 2.28. The average molecular weight is 276 g/mol. The van der Waals surface area contributed by atoms with Gasteiger partial charge in [0.1, 0.15) is 12.4 Å². The van der Waals surface area contributed by atoms with E-state index in [1.54, 1.807) is 20.4 Å². The van der Waals surface area contributed by atoms with Crippen molar-refractivity contribution in [1.82, 2.24) is 19.7 Å². The molecule has 1 aliphatic rings. The topological polar surface area (TPSA) is 71.3 Å². The number of hydrogen-bond acceptors (Lipinski definition) is 6. The van der Waals surface area contributed by atoms with Crippen LogP contribution in [-0.2, 0) is 4.74 Å². The second kappa shape index (κ2) is 5.09. The Morgan fingerprint density at radius 2 is 2.25 bits per heavy atom. The molecule has 2 aromatic heterocycles. The van der Waals surface area contributed by atoms with Gasteiger partial charge in [-0.15, -0.1) is 10.2 Å². The fourth-order valence-electron chi connectivity index (χ4n) is 2.45. The lowest BCUT2D eigenvalue weighted by Gasteiger charge is -2.17. The summed E-state index contributed by atoms with van der Waals surface area (Å²) < 4.78 is 18.4. The predicted octanol–water partition coefficient (Wildman–Crippen LogP) is 1.24. The molecule has 0 saturated heterocycles. The van der Waals surface area contributed by atoms with Crippen molar-refractivity contribution in [3.05, 3.63) is 18.1 Å². The number of ether oxygens (including phenoxy) is 3. The van der Waals surface area contributed by atoms with E-state index in [1.165, 1.54) is 0 Å². The van der Waals surface area contributed by atoms with Crippen LogP contribution in [0.1, 0.15) is 11.9 Å². The molecule has 7 heteroatoms. The highest BCUT2D eigenvalue weighted by atomic mass is 16.5. The Hall–Kier alpha value is -2.15. The quantitative estimate of drug-likeness (QED) is 0.840. The lowest BCUT2D eigenvalue weighted by atomic mass is 10.2. The first-order valence-electron chi connectivity index (χ1n) is 6.33. The molecule has 0 bridgehead atoms. The van der Waals surface area contributed by atoms with Gasteiger partial charge in [0.15, 0.2) is 11.6 Å². The molecule has 0 amide bonds. The maximum Gasteiger partial charge on any atom is 0.257 e. The van der Waals surface area contributed by atoms with Gasteiger partial charge in [-0.1, -0.05) is 0 Å². The van der Waals surface area contributed by atoms with E-state index in [4.69, 9.17) is 14.2 Å². The Bertz CT molecular complexity index is 626. The van der Waals surface area contributed by atoms with Gasteiger partial charge >= 0.3 is 0 Å². The van der Waals surface area contributed by atoms with Gasteiger partial charge in [0, 0.05) is 13.3 Å². The highest BCUT2D eigenvalue weighted by molar-refractivity contribution is 5.68. The number of aryl methyl sites for hydroxylation is 1. The molecule has 0 N–H and O–H groups in total. The van der Waals surface area contributed by atoms with Crippen LogP contribution in [0.25, 0.3) is 11.4 Å². The van der Waals surface area contributed by atoms with Gasteiger partial charge in [0.2, 0.25) is 0 Å². The first kappa shape index (κ1) is 12.9. The number of methoxy groups -OCH3 is 2. The Balaban J connectivity index is 2.18. The number of nitrogens with zero attached hydrogens (tertiary/aromatic N) is 4. The zero-order valence-electron chi connectivity index (χ0n) is 11.7. The van der Waals surface area contributed by atoms with Crippen LogP contribution < -0.4 is 9.47 Å². The van der Waals surface area contributed by atoms with Crippen LogP contribution in [0.5, 0.6) is 11.6 Å². The van der Waals surface area contributed by atoms with Crippen molar-refractivity contribution in [2.24, 2.45) is 0 Å². The maximum absolute atomic E-state index is 5.88. The van der Waals surface area contributed by atoms with Gasteiger partial charge < -0.3 is 18.8 Å². The Morgan fingerprint density at radius 1 is 1.40 bits per heavy atom. The van der Waals surface area contributed by atoms with Crippen molar-refractivity contribution in [3.63, 3.8) is 0 Å². The summed E-state index contributed by atoms with van der Waals surface area (Å²) in [7, 11) is 3.24. The van der Waals surface area contributed by atoms with E-state index in [0.29, 0.717) is 24.8 Å². The zero-order chi connectivity index (χ0) is 14.1. The second-order valence-electron chi connectivity index (χ2n) is 4.56. The first-order valence-corrected chi connectivity index (χ1v) is 6.33. The van der Waals surface area contributed by atoms with Crippen molar-refractivity contribution in [2.75, 3.05) is 27.4 Å². The van der Waals surface area contributed by atoms with Crippen molar-refractivity contribution in [3.8, 4) is 23.0 Å². The number of rotatable bonds is 3. The summed E-state index contributed by atoms with van der Waals surface area (Å²) in [5, 5.41) is 8.43. The van der Waals surface area contributed by atoms with Crippen LogP contribution in [0, 0.1) is 6.92 Å². The molecule has 20 heavy (non-hydrogen) atoms. The largest absolute Gasteiger partial charge is 0.485 e. The Morgan fingerprint density at radius 3 is 3.00 bits per heavy atom. The fourth-order valence-corrected chi connectivity index (χ4v) is 2.45. The third-order valence-electron chi connectivity index (χ3n) is 3.32. The van der Waals surface area contributed by atoms with Crippen molar-refractivity contribution >= 4 is 0 Å². The van der Waals surface area contributed by atoms with E-state index < -0.39 is 0 Å². The molecule has 0 aromatic carbocycles. The van der Waals surface area contributed by atoms with Crippen molar-refractivity contribution < 1.29 is 14.2 Å². The highest BCUT2D eigenvalue weighted by Crippen LogP contribution is 2.39. The van der Waals surface area contributed by atoms with Crippen LogP contribution in [0.2, 0.25) is 0 Å². The van der Waals surface area contributed by atoms with E-state index >= 15 is 0 Å². The number of aromatic nitrogens is 4. The fraction of sp³-hybridized carbons (Fsp3) is 0.462. The van der Waals surface area contributed by atoms with E-state index in [0.717, 1.165) is 17.2 Å². The summed E-state index contributed by atoms with van der Waals surface area (Å²) in [6, 6.07) is 1.87. The molecule has 7 nitrogen and oxygen atoms in total. The molecule has 106 valence electrons. The summed E-state index contributed by atoms with van der Waals surface area (Å²) in [5.74, 6) is 2.63. The molecule has 0 aliphatic carbocycles. The van der Waals surface area contributed by atoms with E-state index in [1.807, 2.05) is 17.6 Å². The minimum atomic E-state index is 0.0158. The maximum atomic E-state index is 5.88. The minimum absolute atomic E-state index is 0.0158. The summed E-state index contributed by atoms with van der Waals surface area (Å²) in [4.78, 5) is 4.17. The molecule has 3 heterocycles.